The zero-order chi connectivity index (χ0) is 33.1. The van der Waals surface area contributed by atoms with Crippen molar-refractivity contribution >= 4 is 21.8 Å². The van der Waals surface area contributed by atoms with Crippen molar-refractivity contribution in [3.8, 4) is 39.6 Å². The van der Waals surface area contributed by atoms with Crippen LogP contribution in [0, 0.1) is 0 Å². The van der Waals surface area contributed by atoms with Gasteiger partial charge in [0.1, 0.15) is 0 Å². The van der Waals surface area contributed by atoms with Gasteiger partial charge in [-0.2, -0.15) is 0 Å². The van der Waals surface area contributed by atoms with Gasteiger partial charge in [0.2, 0.25) is 0 Å². The van der Waals surface area contributed by atoms with Crippen molar-refractivity contribution in [3.05, 3.63) is 210 Å². The van der Waals surface area contributed by atoms with E-state index in [0.29, 0.717) is 0 Å². The summed E-state index contributed by atoms with van der Waals surface area (Å²) >= 11 is 0. The van der Waals surface area contributed by atoms with Gasteiger partial charge in [-0.3, -0.25) is 0 Å². The number of benzene rings is 7. The Morgan fingerprint density at radius 2 is 0.900 bits per heavy atom. The Morgan fingerprint density at radius 3 is 1.56 bits per heavy atom. The van der Waals surface area contributed by atoms with Crippen LogP contribution in [0.3, 0.4) is 0 Å². The van der Waals surface area contributed by atoms with Crippen LogP contribution in [0.1, 0.15) is 22.3 Å². The van der Waals surface area contributed by atoms with Crippen LogP contribution in [0.25, 0.3) is 61.4 Å². The van der Waals surface area contributed by atoms with Crippen LogP contribution in [0.2, 0.25) is 0 Å². The molecule has 0 radical (unpaired) electrons. The van der Waals surface area contributed by atoms with Crippen LogP contribution >= 0.6 is 0 Å². The van der Waals surface area contributed by atoms with Gasteiger partial charge in [0.05, 0.1) is 27.8 Å². The highest BCUT2D eigenvalue weighted by Crippen LogP contribution is 2.58. The molecule has 1 aliphatic rings. The zero-order valence-electron chi connectivity index (χ0n) is 27.2. The predicted octanol–water partition coefficient (Wildman–Crippen LogP) is 11.3. The first-order valence-corrected chi connectivity index (χ1v) is 17.1. The lowest BCUT2D eigenvalue weighted by Gasteiger charge is -2.34. The van der Waals surface area contributed by atoms with Gasteiger partial charge in [-0.15, -0.1) is 0 Å². The van der Waals surface area contributed by atoms with Crippen LogP contribution in [-0.4, -0.2) is 14.5 Å². The van der Waals surface area contributed by atoms with Gasteiger partial charge >= 0.3 is 0 Å². The van der Waals surface area contributed by atoms with Gasteiger partial charge in [-0.25, -0.2) is 9.97 Å². The second-order valence-electron chi connectivity index (χ2n) is 12.9. The van der Waals surface area contributed by atoms with E-state index in [9.17, 15) is 0 Å². The molecule has 0 spiro atoms. The van der Waals surface area contributed by atoms with Crippen LogP contribution in [0.4, 0.5) is 0 Å². The minimum Gasteiger partial charge on any atom is -0.309 e. The molecule has 3 heteroatoms. The second-order valence-corrected chi connectivity index (χ2v) is 12.9. The number of hydrogen-bond donors (Lipinski definition) is 0. The third kappa shape index (κ3) is 4.10. The monoisotopic (exact) mass is 637 g/mol. The molecule has 10 rings (SSSR count). The molecule has 0 fully saturated rings. The average Bonchev–Trinajstić information content (AvgIpc) is 3.70. The molecule has 0 bridgehead atoms. The van der Waals surface area contributed by atoms with Crippen molar-refractivity contribution in [2.75, 3.05) is 0 Å². The van der Waals surface area contributed by atoms with Crippen LogP contribution in [0.15, 0.2) is 188 Å². The fourth-order valence-electron chi connectivity index (χ4n) is 8.20. The molecular weight excluding hydrogens is 607 g/mol. The Balaban J connectivity index is 1.29. The maximum atomic E-state index is 5.43. The van der Waals surface area contributed by atoms with Gasteiger partial charge in [0, 0.05) is 38.7 Å². The van der Waals surface area contributed by atoms with Crippen LogP contribution in [0.5, 0.6) is 0 Å². The SMILES string of the molecule is c1ccc(-c2nc(-c3ccccc3)c3c(n2)-c2ccccc2C3(c2ccccc2)c2ccc(-n3c4ccccc4c4ccccc43)cc2)cc1. The van der Waals surface area contributed by atoms with Crippen molar-refractivity contribution in [2.24, 2.45) is 0 Å². The molecule has 0 saturated heterocycles. The fraction of sp³-hybridized carbons (Fsp3) is 0.0213. The van der Waals surface area contributed by atoms with Gasteiger partial charge in [0.15, 0.2) is 5.82 Å². The fourth-order valence-corrected chi connectivity index (χ4v) is 8.20. The third-order valence-corrected chi connectivity index (χ3v) is 10.3. The summed E-state index contributed by atoms with van der Waals surface area (Å²) in [6, 6.07) is 67.1. The van der Waals surface area contributed by atoms with Gasteiger partial charge in [-0.05, 0) is 41.0 Å². The minimum absolute atomic E-state index is 0.660. The second kappa shape index (κ2) is 11.3. The molecule has 0 saturated carbocycles. The summed E-state index contributed by atoms with van der Waals surface area (Å²) in [6.07, 6.45) is 0. The molecule has 2 heterocycles. The quantitative estimate of drug-likeness (QED) is 0.188. The lowest BCUT2D eigenvalue weighted by Crippen LogP contribution is -2.29. The molecule has 50 heavy (non-hydrogen) atoms. The average molecular weight is 638 g/mol. The molecule has 3 nitrogen and oxygen atoms in total. The van der Waals surface area contributed by atoms with Crippen LogP contribution < -0.4 is 0 Å². The topological polar surface area (TPSA) is 30.7 Å². The smallest absolute Gasteiger partial charge is 0.160 e. The van der Waals surface area contributed by atoms with E-state index in [4.69, 9.17) is 9.97 Å². The highest BCUT2D eigenvalue weighted by Gasteiger charge is 2.49. The van der Waals surface area contributed by atoms with E-state index >= 15 is 0 Å². The van der Waals surface area contributed by atoms with Crippen molar-refractivity contribution in [3.63, 3.8) is 0 Å². The first-order chi connectivity index (χ1) is 24.8. The maximum absolute atomic E-state index is 5.43. The molecule has 9 aromatic rings. The highest BCUT2D eigenvalue weighted by atomic mass is 15.0. The molecule has 234 valence electrons. The first kappa shape index (κ1) is 28.4. The Hall–Kier alpha value is -6.58. The summed E-state index contributed by atoms with van der Waals surface area (Å²) in [5.74, 6) is 0.726. The van der Waals surface area contributed by atoms with E-state index in [-0.39, 0.29) is 0 Å². The van der Waals surface area contributed by atoms with Gasteiger partial charge in [0.25, 0.3) is 0 Å². The molecule has 0 aliphatic heterocycles. The zero-order valence-corrected chi connectivity index (χ0v) is 27.2. The summed E-state index contributed by atoms with van der Waals surface area (Å²) in [6.45, 7) is 0. The van der Waals surface area contributed by atoms with Crippen molar-refractivity contribution in [1.29, 1.82) is 0 Å². The summed E-state index contributed by atoms with van der Waals surface area (Å²) in [4.78, 5) is 10.8. The van der Waals surface area contributed by atoms with Gasteiger partial charge < -0.3 is 4.57 Å². The molecular formula is C47H31N3. The molecule has 1 unspecified atom stereocenters. The van der Waals surface area contributed by atoms with Crippen molar-refractivity contribution in [2.45, 2.75) is 5.41 Å². The molecule has 7 aromatic carbocycles. The van der Waals surface area contributed by atoms with Crippen LogP contribution in [-0.2, 0) is 5.41 Å². The summed E-state index contributed by atoms with van der Waals surface area (Å²) < 4.78 is 2.38. The number of aromatic nitrogens is 3. The van der Waals surface area contributed by atoms with E-state index in [1.165, 1.54) is 38.5 Å². The first-order valence-electron chi connectivity index (χ1n) is 17.1. The summed E-state index contributed by atoms with van der Waals surface area (Å²) in [5.41, 5.74) is 12.7. The van der Waals surface area contributed by atoms with Crippen molar-refractivity contribution < 1.29 is 0 Å². The largest absolute Gasteiger partial charge is 0.309 e. The Bertz CT molecular complexity index is 2620. The maximum Gasteiger partial charge on any atom is 0.160 e. The molecule has 1 aliphatic carbocycles. The minimum atomic E-state index is -0.660. The Morgan fingerprint density at radius 1 is 0.400 bits per heavy atom. The van der Waals surface area contributed by atoms with E-state index in [2.05, 4.69) is 187 Å². The van der Waals surface area contributed by atoms with Crippen molar-refractivity contribution in [1.82, 2.24) is 14.5 Å². The summed E-state index contributed by atoms with van der Waals surface area (Å²) in [5, 5.41) is 2.51. The number of fused-ring (bicyclic) bond motifs is 6. The lowest BCUT2D eigenvalue weighted by molar-refractivity contribution is 0.763. The third-order valence-electron chi connectivity index (χ3n) is 10.3. The highest BCUT2D eigenvalue weighted by molar-refractivity contribution is 6.09. The number of para-hydroxylation sites is 2. The summed E-state index contributed by atoms with van der Waals surface area (Å²) in [7, 11) is 0. The number of nitrogens with zero attached hydrogens (tertiary/aromatic N) is 3. The Kier molecular flexibility index (Phi) is 6.40. The van der Waals surface area contributed by atoms with E-state index in [0.717, 1.165) is 45.2 Å². The normalized spacial score (nSPS) is 14.9. The van der Waals surface area contributed by atoms with Gasteiger partial charge in [-0.1, -0.05) is 164 Å². The van der Waals surface area contributed by atoms with E-state index < -0.39 is 5.41 Å². The van der Waals surface area contributed by atoms with E-state index in [1.54, 1.807) is 0 Å². The lowest BCUT2D eigenvalue weighted by atomic mass is 9.67. The molecule has 1 atom stereocenters. The predicted molar refractivity (Wildman–Crippen MR) is 205 cm³/mol. The Labute approximate surface area is 290 Å². The molecule has 0 N–H and O–H groups in total. The molecule has 2 aromatic heterocycles. The van der Waals surface area contributed by atoms with E-state index in [1.807, 2.05) is 6.07 Å². The standard InChI is InChI=1S/C47H31N3/c1-4-16-32(17-5-1)44-43-45(49-46(48-44)33-18-6-2-7-19-33)39-24-10-13-25-40(39)47(43,34-20-8-3-9-21-34)35-28-30-36(31-29-35)50-41-26-14-11-22-37(41)38-23-12-15-27-42(38)50/h1-31H. The number of hydrogen-bond acceptors (Lipinski definition) is 2. The number of rotatable bonds is 5. The molecule has 0 amide bonds.